The zero-order valence-corrected chi connectivity index (χ0v) is 30.3. The van der Waals surface area contributed by atoms with Gasteiger partial charge in [0, 0.05) is 79.2 Å². The molecule has 3 aliphatic heterocycles. The molecule has 0 spiro atoms. The number of ether oxygens (including phenoxy) is 1. The number of carbonyl (C=O) groups excluding carboxylic acids is 2. The molecule has 5 heterocycles. The molecule has 1 atom stereocenters. The van der Waals surface area contributed by atoms with Crippen molar-refractivity contribution in [1.82, 2.24) is 19.8 Å². The lowest BCUT2D eigenvalue weighted by molar-refractivity contribution is -0.133. The lowest BCUT2D eigenvalue weighted by Crippen LogP contribution is -2.47. The summed E-state index contributed by atoms with van der Waals surface area (Å²) in [6.45, 7) is 4.99. The number of halogens is 1. The molecule has 3 fully saturated rings. The van der Waals surface area contributed by atoms with Crippen molar-refractivity contribution >= 4 is 45.6 Å². The number of nitrogens with one attached hydrogen (secondary N) is 2. The van der Waals surface area contributed by atoms with Crippen molar-refractivity contribution in [2.24, 2.45) is 18.9 Å². The minimum Gasteiger partial charge on any atom is -0.496 e. The van der Waals surface area contributed by atoms with Crippen molar-refractivity contribution in [2.75, 3.05) is 43.5 Å². The van der Waals surface area contributed by atoms with Crippen LogP contribution in [0.4, 0.5) is 11.4 Å². The molecule has 1 unspecified atom stereocenters. The number of anilines is 2. The number of likely N-dealkylation sites (tertiary alicyclic amines) is 1. The van der Waals surface area contributed by atoms with Crippen molar-refractivity contribution in [1.29, 1.82) is 0 Å². The van der Waals surface area contributed by atoms with Crippen LogP contribution in [0, 0.1) is 11.8 Å². The van der Waals surface area contributed by atoms with E-state index >= 15 is 0 Å². The number of imide groups is 1. The first kappa shape index (κ1) is 35.0. The van der Waals surface area contributed by atoms with Gasteiger partial charge in [0.15, 0.2) is 0 Å². The molecule has 2 N–H and O–H groups in total. The summed E-state index contributed by atoms with van der Waals surface area (Å²) < 4.78 is 7.47. The van der Waals surface area contributed by atoms with E-state index in [2.05, 4.69) is 37.6 Å². The SMILES string of the molecule is COc1cc(-c2cn(C)c(=O)c3cnccc23)cc(Cl)c1CN1CCC(CCC2CCN(c3ccc(NC4CCC(=O)NC4=O)cc3)CC2)CC1. The van der Waals surface area contributed by atoms with Crippen LogP contribution in [0.3, 0.4) is 0 Å². The van der Waals surface area contributed by atoms with Gasteiger partial charge in [-0.3, -0.25) is 29.6 Å². The van der Waals surface area contributed by atoms with Crippen molar-refractivity contribution in [3.63, 3.8) is 0 Å². The highest BCUT2D eigenvalue weighted by Crippen LogP contribution is 2.37. The number of fused-ring (bicyclic) bond motifs is 1. The van der Waals surface area contributed by atoms with Crippen molar-refractivity contribution < 1.29 is 14.3 Å². The average Bonchev–Trinajstić information content (AvgIpc) is 3.15. The Morgan fingerprint density at radius 2 is 1.63 bits per heavy atom. The second kappa shape index (κ2) is 15.5. The van der Waals surface area contributed by atoms with Crippen molar-refractivity contribution in [3.8, 4) is 16.9 Å². The van der Waals surface area contributed by atoms with Crippen LogP contribution in [0.2, 0.25) is 5.02 Å². The predicted octanol–water partition coefficient (Wildman–Crippen LogP) is 6.39. The van der Waals surface area contributed by atoms with Gasteiger partial charge in [0.1, 0.15) is 11.8 Å². The molecule has 11 heteroatoms. The van der Waals surface area contributed by atoms with Crippen LogP contribution in [0.25, 0.3) is 21.9 Å². The maximum atomic E-state index is 12.7. The Hall–Kier alpha value is -4.41. The summed E-state index contributed by atoms with van der Waals surface area (Å²) in [5, 5.41) is 7.78. The van der Waals surface area contributed by atoms with Crippen LogP contribution in [0.15, 0.2) is 65.8 Å². The first-order chi connectivity index (χ1) is 24.7. The summed E-state index contributed by atoms with van der Waals surface area (Å²) >= 11 is 6.95. The number of aryl methyl sites for hydroxylation is 1. The number of amides is 2. The molecule has 268 valence electrons. The van der Waals surface area contributed by atoms with E-state index in [1.165, 1.54) is 44.2 Å². The third-order valence-corrected chi connectivity index (χ3v) is 11.5. The molecule has 0 saturated carbocycles. The summed E-state index contributed by atoms with van der Waals surface area (Å²) in [7, 11) is 3.45. The number of carbonyl (C=O) groups is 2. The second-order valence-corrected chi connectivity index (χ2v) is 14.8. The molecule has 2 aromatic heterocycles. The Bertz CT molecular complexity index is 1950. The Morgan fingerprint density at radius 1 is 0.922 bits per heavy atom. The summed E-state index contributed by atoms with van der Waals surface area (Å²) in [6.07, 6.45) is 13.5. The molecule has 3 saturated heterocycles. The maximum absolute atomic E-state index is 12.7. The van der Waals surface area contributed by atoms with E-state index < -0.39 is 0 Å². The van der Waals surface area contributed by atoms with Gasteiger partial charge in [-0.2, -0.15) is 0 Å². The fourth-order valence-electron chi connectivity index (χ4n) is 8.05. The van der Waals surface area contributed by atoms with Gasteiger partial charge in [-0.1, -0.05) is 24.4 Å². The normalized spacial score (nSPS) is 19.4. The van der Waals surface area contributed by atoms with Gasteiger partial charge in [-0.25, -0.2) is 0 Å². The topological polar surface area (TPSA) is 109 Å². The molecule has 0 bridgehead atoms. The van der Waals surface area contributed by atoms with Crippen LogP contribution in [-0.4, -0.2) is 65.6 Å². The van der Waals surface area contributed by atoms with Crippen LogP contribution >= 0.6 is 11.6 Å². The lowest BCUT2D eigenvalue weighted by Gasteiger charge is -2.36. The number of rotatable bonds is 10. The highest BCUT2D eigenvalue weighted by Gasteiger charge is 2.27. The number of hydrogen-bond acceptors (Lipinski definition) is 8. The molecule has 7 rings (SSSR count). The van der Waals surface area contributed by atoms with Gasteiger partial charge >= 0.3 is 0 Å². The summed E-state index contributed by atoms with van der Waals surface area (Å²) in [5.74, 6) is 1.85. The fourth-order valence-corrected chi connectivity index (χ4v) is 8.32. The van der Waals surface area contributed by atoms with E-state index in [4.69, 9.17) is 16.3 Å². The first-order valence-corrected chi connectivity index (χ1v) is 18.6. The van der Waals surface area contributed by atoms with E-state index in [1.807, 2.05) is 36.5 Å². The molecule has 2 amide bonds. The highest BCUT2D eigenvalue weighted by molar-refractivity contribution is 6.32. The number of aromatic nitrogens is 2. The van der Waals surface area contributed by atoms with Crippen LogP contribution in [0.1, 0.15) is 56.9 Å². The molecule has 2 aromatic carbocycles. The maximum Gasteiger partial charge on any atom is 0.259 e. The van der Waals surface area contributed by atoms with Crippen LogP contribution in [0.5, 0.6) is 5.75 Å². The fraction of sp³-hybridized carbons (Fsp3) is 0.450. The summed E-state index contributed by atoms with van der Waals surface area (Å²) in [4.78, 5) is 45.4. The van der Waals surface area contributed by atoms with Gasteiger partial charge in [-0.05, 0) is 110 Å². The van der Waals surface area contributed by atoms with E-state index in [-0.39, 0.29) is 23.4 Å². The van der Waals surface area contributed by atoms with E-state index in [0.717, 1.165) is 78.1 Å². The van der Waals surface area contributed by atoms with Gasteiger partial charge in [0.05, 0.1) is 12.5 Å². The number of piperidine rings is 3. The standard InChI is InChI=1S/C40H47ClN6O4/c1-45-24-33(31-11-16-42-23-32(31)40(45)50)28-21-35(41)34(37(22-28)51-2)25-46-17-12-26(13-18-46)3-4-27-14-19-47(20-15-27)30-7-5-29(6-8-30)43-36-9-10-38(48)44-39(36)49/h5-8,11,16,21-24,26-27,36,43H,3-4,9-10,12-15,17-20,25H2,1-2H3,(H,44,48,49). The predicted molar refractivity (Wildman–Crippen MR) is 202 cm³/mol. The van der Waals surface area contributed by atoms with E-state index in [1.54, 1.807) is 31.1 Å². The minimum absolute atomic E-state index is 0.0763. The zero-order chi connectivity index (χ0) is 35.5. The Kier molecular flexibility index (Phi) is 10.6. The quantitative estimate of drug-likeness (QED) is 0.183. The van der Waals surface area contributed by atoms with Gasteiger partial charge in [0.25, 0.3) is 5.56 Å². The van der Waals surface area contributed by atoms with E-state index in [9.17, 15) is 14.4 Å². The van der Waals surface area contributed by atoms with Gasteiger partial charge in [0.2, 0.25) is 11.8 Å². The number of hydrogen-bond donors (Lipinski definition) is 2. The van der Waals surface area contributed by atoms with Crippen molar-refractivity contribution in [2.45, 2.75) is 64.0 Å². The molecule has 0 radical (unpaired) electrons. The molecule has 10 nitrogen and oxygen atoms in total. The van der Waals surface area contributed by atoms with Crippen LogP contribution < -0.4 is 25.8 Å². The van der Waals surface area contributed by atoms with Gasteiger partial charge < -0.3 is 19.5 Å². The average molecular weight is 711 g/mol. The second-order valence-electron chi connectivity index (χ2n) is 14.4. The third-order valence-electron chi connectivity index (χ3n) is 11.2. The largest absolute Gasteiger partial charge is 0.496 e. The summed E-state index contributed by atoms with van der Waals surface area (Å²) in [5.41, 5.74) is 4.88. The number of nitrogens with zero attached hydrogens (tertiary/aromatic N) is 4. The smallest absolute Gasteiger partial charge is 0.259 e. The Morgan fingerprint density at radius 3 is 2.31 bits per heavy atom. The molecule has 4 aromatic rings. The van der Waals surface area contributed by atoms with Crippen LogP contribution in [-0.2, 0) is 23.2 Å². The van der Waals surface area contributed by atoms with E-state index in [0.29, 0.717) is 23.3 Å². The number of pyridine rings is 2. The Labute approximate surface area is 304 Å². The van der Waals surface area contributed by atoms with Gasteiger partial charge in [-0.15, -0.1) is 0 Å². The molecule has 3 aliphatic rings. The zero-order valence-electron chi connectivity index (χ0n) is 29.5. The third kappa shape index (κ3) is 7.92. The Balaban J connectivity index is 0.873. The minimum atomic E-state index is -0.364. The molecule has 51 heavy (non-hydrogen) atoms. The molecule has 0 aliphatic carbocycles. The lowest BCUT2D eigenvalue weighted by atomic mass is 9.85. The number of methoxy groups -OCH3 is 1. The monoisotopic (exact) mass is 710 g/mol. The first-order valence-electron chi connectivity index (χ1n) is 18.2. The summed E-state index contributed by atoms with van der Waals surface area (Å²) in [6, 6.07) is 13.9. The molecular weight excluding hydrogens is 664 g/mol. The highest BCUT2D eigenvalue weighted by atomic mass is 35.5. The van der Waals surface area contributed by atoms with Crippen molar-refractivity contribution in [3.05, 3.63) is 82.0 Å². The number of benzene rings is 2. The molecular formula is C40H47ClN6O4.